The summed E-state index contributed by atoms with van der Waals surface area (Å²) in [6.45, 7) is 6.93. The summed E-state index contributed by atoms with van der Waals surface area (Å²) in [4.78, 5) is 0. The average Bonchev–Trinajstić information content (AvgIpc) is 2.89. The van der Waals surface area contributed by atoms with Crippen molar-refractivity contribution in [1.29, 1.82) is 0 Å². The van der Waals surface area contributed by atoms with E-state index in [9.17, 15) is 8.42 Å². The molecule has 0 bridgehead atoms. The molecule has 0 saturated heterocycles. The maximum atomic E-state index is 12.5. The predicted molar refractivity (Wildman–Crippen MR) is 83.4 cm³/mol. The van der Waals surface area contributed by atoms with E-state index in [2.05, 4.69) is 12.2 Å². The zero-order chi connectivity index (χ0) is 14.6. The van der Waals surface area contributed by atoms with Crippen molar-refractivity contribution in [3.05, 3.63) is 28.7 Å². The number of hydrogen-bond donors (Lipinski definition) is 1. The van der Waals surface area contributed by atoms with Crippen LogP contribution in [0.1, 0.15) is 32.3 Å². The highest BCUT2D eigenvalue weighted by Crippen LogP contribution is 2.26. The van der Waals surface area contributed by atoms with E-state index in [1.54, 1.807) is 10.4 Å². The molecule has 20 heavy (non-hydrogen) atoms. The molecule has 0 aliphatic carbocycles. The molecule has 1 aromatic heterocycles. The Morgan fingerprint density at radius 3 is 2.90 bits per heavy atom. The minimum absolute atomic E-state index is 0.457. The van der Waals surface area contributed by atoms with Gasteiger partial charge in [0.05, 0.1) is 0 Å². The third-order valence-electron chi connectivity index (χ3n) is 3.38. The molecule has 2 rings (SSSR count). The van der Waals surface area contributed by atoms with Gasteiger partial charge in [0.25, 0.3) is 10.0 Å². The fraction of sp³-hybridized carbons (Fsp3) is 0.571. The van der Waals surface area contributed by atoms with Gasteiger partial charge in [0, 0.05) is 19.6 Å². The summed E-state index contributed by atoms with van der Waals surface area (Å²) in [6.07, 6.45) is 3.91. The van der Waals surface area contributed by atoms with Crippen LogP contribution in [0.4, 0.5) is 0 Å². The second kappa shape index (κ2) is 6.85. The molecule has 1 aliphatic heterocycles. The van der Waals surface area contributed by atoms with Crippen molar-refractivity contribution in [2.24, 2.45) is 0 Å². The molecule has 6 heteroatoms. The third-order valence-corrected chi connectivity index (χ3v) is 6.71. The topological polar surface area (TPSA) is 49.4 Å². The number of nitrogens with zero attached hydrogens (tertiary/aromatic N) is 1. The van der Waals surface area contributed by atoms with Crippen LogP contribution in [0.15, 0.2) is 27.3 Å². The minimum atomic E-state index is -3.32. The van der Waals surface area contributed by atoms with Crippen LogP contribution in [-0.4, -0.2) is 32.4 Å². The van der Waals surface area contributed by atoms with Gasteiger partial charge in [-0.3, -0.25) is 0 Å². The Balaban J connectivity index is 2.06. The fourth-order valence-electron chi connectivity index (χ4n) is 2.09. The van der Waals surface area contributed by atoms with E-state index in [4.69, 9.17) is 0 Å². The van der Waals surface area contributed by atoms with Crippen LogP contribution in [-0.2, 0) is 16.6 Å². The Hall–Kier alpha value is -0.690. The van der Waals surface area contributed by atoms with Gasteiger partial charge >= 0.3 is 0 Å². The lowest BCUT2D eigenvalue weighted by Crippen LogP contribution is -2.34. The number of sulfonamides is 1. The lowest BCUT2D eigenvalue weighted by molar-refractivity contribution is 0.432. The third kappa shape index (κ3) is 3.69. The molecule has 0 atom stereocenters. The predicted octanol–water partition coefficient (Wildman–Crippen LogP) is 2.59. The van der Waals surface area contributed by atoms with Gasteiger partial charge in [-0.25, -0.2) is 8.42 Å². The first-order valence-corrected chi connectivity index (χ1v) is 9.30. The lowest BCUT2D eigenvalue weighted by atomic mass is 10.1. The molecule has 0 saturated carbocycles. The summed E-state index contributed by atoms with van der Waals surface area (Å²) >= 11 is 1.32. The van der Waals surface area contributed by atoms with Gasteiger partial charge in [0.1, 0.15) is 4.21 Å². The molecule has 0 fully saturated rings. The standard InChI is InChI=1S/C14H22N2O2S2/c1-3-6-15-10-13-9-14(19-11-13)20(17,18)16-7-4-12(2)5-8-16/h4,9,11,15H,3,5-8,10H2,1-2H3. The first kappa shape index (κ1) is 15.7. The van der Waals surface area contributed by atoms with Gasteiger partial charge in [-0.1, -0.05) is 18.6 Å². The molecular weight excluding hydrogens is 292 g/mol. The average molecular weight is 314 g/mol. The molecule has 1 aliphatic rings. The fourth-order valence-corrected chi connectivity index (χ4v) is 4.83. The van der Waals surface area contributed by atoms with E-state index >= 15 is 0 Å². The molecule has 1 N–H and O–H groups in total. The summed E-state index contributed by atoms with van der Waals surface area (Å²) in [5, 5.41) is 5.22. The van der Waals surface area contributed by atoms with Crippen molar-refractivity contribution in [2.75, 3.05) is 19.6 Å². The SMILES string of the molecule is CCCNCc1csc(S(=O)(=O)N2CC=C(C)CC2)c1. The van der Waals surface area contributed by atoms with Crippen molar-refractivity contribution in [2.45, 2.75) is 37.4 Å². The maximum Gasteiger partial charge on any atom is 0.252 e. The van der Waals surface area contributed by atoms with Gasteiger partial charge in [0.2, 0.25) is 0 Å². The van der Waals surface area contributed by atoms with Crippen molar-refractivity contribution in [1.82, 2.24) is 9.62 Å². The first-order chi connectivity index (χ1) is 9.54. The Kier molecular flexibility index (Phi) is 5.37. The van der Waals surface area contributed by atoms with Gasteiger partial charge in [-0.2, -0.15) is 4.31 Å². The smallest absolute Gasteiger partial charge is 0.252 e. The van der Waals surface area contributed by atoms with E-state index in [0.29, 0.717) is 17.3 Å². The highest BCUT2D eigenvalue weighted by molar-refractivity contribution is 7.91. The van der Waals surface area contributed by atoms with Gasteiger partial charge < -0.3 is 5.32 Å². The zero-order valence-corrected chi connectivity index (χ0v) is 13.7. The molecule has 1 aromatic rings. The van der Waals surface area contributed by atoms with Crippen molar-refractivity contribution in [3.8, 4) is 0 Å². The van der Waals surface area contributed by atoms with E-state index < -0.39 is 10.0 Å². The maximum absolute atomic E-state index is 12.5. The van der Waals surface area contributed by atoms with Crippen molar-refractivity contribution < 1.29 is 8.42 Å². The minimum Gasteiger partial charge on any atom is -0.313 e. The zero-order valence-electron chi connectivity index (χ0n) is 12.1. The molecule has 0 spiro atoms. The lowest BCUT2D eigenvalue weighted by Gasteiger charge is -2.23. The summed E-state index contributed by atoms with van der Waals surface area (Å²) < 4.78 is 27.1. The van der Waals surface area contributed by atoms with E-state index in [1.165, 1.54) is 16.9 Å². The van der Waals surface area contributed by atoms with Crippen LogP contribution in [0.3, 0.4) is 0 Å². The molecule has 112 valence electrons. The number of rotatable bonds is 6. The van der Waals surface area contributed by atoms with Gasteiger partial charge in [-0.05, 0) is 43.3 Å². The molecular formula is C14H22N2O2S2. The Bertz CT molecular complexity index is 576. The van der Waals surface area contributed by atoms with Crippen LogP contribution in [0.25, 0.3) is 0 Å². The van der Waals surface area contributed by atoms with Crippen molar-refractivity contribution >= 4 is 21.4 Å². The second-order valence-electron chi connectivity index (χ2n) is 5.11. The van der Waals surface area contributed by atoms with Crippen LogP contribution in [0, 0.1) is 0 Å². The van der Waals surface area contributed by atoms with E-state index in [1.807, 2.05) is 18.4 Å². The largest absolute Gasteiger partial charge is 0.313 e. The molecule has 2 heterocycles. The van der Waals surface area contributed by atoms with Gasteiger partial charge in [-0.15, -0.1) is 11.3 Å². The Morgan fingerprint density at radius 1 is 1.45 bits per heavy atom. The quantitative estimate of drug-likeness (QED) is 0.648. The van der Waals surface area contributed by atoms with Crippen LogP contribution in [0.5, 0.6) is 0 Å². The van der Waals surface area contributed by atoms with Crippen LogP contribution in [0.2, 0.25) is 0 Å². The Labute approximate surface area is 125 Å². The summed E-state index contributed by atoms with van der Waals surface area (Å²) in [7, 11) is -3.32. The highest BCUT2D eigenvalue weighted by atomic mass is 32.2. The molecule has 0 aromatic carbocycles. The Morgan fingerprint density at radius 2 is 2.25 bits per heavy atom. The number of hydrogen-bond acceptors (Lipinski definition) is 4. The van der Waals surface area contributed by atoms with Crippen LogP contribution < -0.4 is 5.32 Å². The highest BCUT2D eigenvalue weighted by Gasteiger charge is 2.26. The number of nitrogens with one attached hydrogen (secondary N) is 1. The molecule has 0 amide bonds. The first-order valence-electron chi connectivity index (χ1n) is 6.98. The molecule has 0 unspecified atom stereocenters. The molecule has 4 nitrogen and oxygen atoms in total. The van der Waals surface area contributed by atoms with E-state index in [-0.39, 0.29) is 0 Å². The van der Waals surface area contributed by atoms with Crippen molar-refractivity contribution in [3.63, 3.8) is 0 Å². The van der Waals surface area contributed by atoms with Gasteiger partial charge in [0.15, 0.2) is 0 Å². The summed E-state index contributed by atoms with van der Waals surface area (Å²) in [5.41, 5.74) is 2.32. The summed E-state index contributed by atoms with van der Waals surface area (Å²) in [5.74, 6) is 0. The van der Waals surface area contributed by atoms with Crippen LogP contribution >= 0.6 is 11.3 Å². The summed E-state index contributed by atoms with van der Waals surface area (Å²) in [6, 6.07) is 1.80. The second-order valence-corrected chi connectivity index (χ2v) is 8.19. The number of thiophene rings is 1. The molecule has 0 radical (unpaired) electrons. The normalized spacial score (nSPS) is 17.2. The van der Waals surface area contributed by atoms with E-state index in [0.717, 1.165) is 31.5 Å². The monoisotopic (exact) mass is 314 g/mol.